The number of methoxy groups -OCH3 is 1. The Kier molecular flexibility index (Phi) is 4.54. The van der Waals surface area contributed by atoms with Gasteiger partial charge < -0.3 is 10.5 Å². The first kappa shape index (κ1) is 16.5. The van der Waals surface area contributed by atoms with Crippen LogP contribution >= 0.6 is 0 Å². The molecule has 24 heavy (non-hydrogen) atoms. The molecule has 0 bridgehead atoms. The van der Waals surface area contributed by atoms with Crippen LogP contribution in [0.3, 0.4) is 0 Å². The molecule has 0 aromatic heterocycles. The number of nitrogens with two attached hydrogens (primary N) is 1. The fraction of sp³-hybridized carbons (Fsp3) is 0.286. The highest BCUT2D eigenvalue weighted by Crippen LogP contribution is 2.42. The molecule has 1 aliphatic heterocycles. The minimum absolute atomic E-state index is 0.516. The van der Waals surface area contributed by atoms with Crippen LogP contribution in [0, 0.1) is 0 Å². The highest BCUT2D eigenvalue weighted by molar-refractivity contribution is 5.76. The standard InChI is InChI=1S/C21H24N2O/c1-3-21(22,18-11-5-4-6-12-18)20(14-9-15-23-20)16-17-10-7-8-13-19(17)24-2/h4-15H,3,16,22H2,1-2H3. The third kappa shape index (κ3) is 2.65. The first-order valence-electron chi connectivity index (χ1n) is 8.34. The topological polar surface area (TPSA) is 47.6 Å². The normalized spacial score (nSPS) is 21.6. The van der Waals surface area contributed by atoms with Crippen molar-refractivity contribution < 1.29 is 4.74 Å². The molecule has 2 N–H and O–H groups in total. The van der Waals surface area contributed by atoms with Gasteiger partial charge in [0.2, 0.25) is 0 Å². The van der Waals surface area contributed by atoms with Crippen molar-refractivity contribution in [3.63, 3.8) is 0 Å². The number of ether oxygens (including phenoxy) is 1. The van der Waals surface area contributed by atoms with E-state index in [4.69, 9.17) is 15.5 Å². The van der Waals surface area contributed by atoms with Gasteiger partial charge in [-0.1, -0.05) is 61.5 Å². The van der Waals surface area contributed by atoms with Crippen LogP contribution in [0.1, 0.15) is 24.5 Å². The molecule has 0 fully saturated rings. The number of para-hydroxylation sites is 1. The number of nitrogens with zero attached hydrogens (tertiary/aromatic N) is 1. The quantitative estimate of drug-likeness (QED) is 0.878. The number of aliphatic imine (C=N–C) groups is 1. The smallest absolute Gasteiger partial charge is 0.122 e. The lowest BCUT2D eigenvalue weighted by atomic mass is 9.68. The average molecular weight is 320 g/mol. The van der Waals surface area contributed by atoms with Crippen LogP contribution < -0.4 is 10.5 Å². The van der Waals surface area contributed by atoms with Crippen molar-refractivity contribution in [2.75, 3.05) is 7.11 Å². The van der Waals surface area contributed by atoms with Crippen molar-refractivity contribution in [2.45, 2.75) is 30.8 Å². The summed E-state index contributed by atoms with van der Waals surface area (Å²) in [6, 6.07) is 18.3. The molecule has 2 atom stereocenters. The van der Waals surface area contributed by atoms with Gasteiger partial charge in [-0.15, -0.1) is 0 Å². The fourth-order valence-electron chi connectivity index (χ4n) is 3.58. The van der Waals surface area contributed by atoms with E-state index in [1.165, 1.54) is 0 Å². The summed E-state index contributed by atoms with van der Waals surface area (Å²) in [6.07, 6.45) is 7.47. The van der Waals surface area contributed by atoms with Crippen LogP contribution in [0.5, 0.6) is 5.75 Å². The van der Waals surface area contributed by atoms with Gasteiger partial charge in [0.05, 0.1) is 12.6 Å². The second-order valence-corrected chi connectivity index (χ2v) is 6.24. The Labute approximate surface area is 143 Å². The molecule has 2 unspecified atom stereocenters. The second kappa shape index (κ2) is 6.62. The van der Waals surface area contributed by atoms with E-state index >= 15 is 0 Å². The first-order valence-corrected chi connectivity index (χ1v) is 8.34. The van der Waals surface area contributed by atoms with E-state index in [0.717, 1.165) is 23.3 Å². The Bertz CT molecular complexity index is 739. The molecule has 0 spiro atoms. The lowest BCUT2D eigenvalue weighted by Gasteiger charge is -2.43. The molecule has 3 nitrogen and oxygen atoms in total. The van der Waals surface area contributed by atoms with Gasteiger partial charge in [0.1, 0.15) is 11.3 Å². The van der Waals surface area contributed by atoms with Crippen LogP contribution in [0.25, 0.3) is 0 Å². The molecule has 124 valence electrons. The molecular formula is C21H24N2O. The van der Waals surface area contributed by atoms with Crippen LogP contribution in [-0.2, 0) is 12.0 Å². The van der Waals surface area contributed by atoms with Crippen molar-refractivity contribution in [3.8, 4) is 5.75 Å². The van der Waals surface area contributed by atoms with Gasteiger partial charge in [-0.3, -0.25) is 4.99 Å². The second-order valence-electron chi connectivity index (χ2n) is 6.24. The maximum atomic E-state index is 6.99. The Hall–Kier alpha value is -2.39. The van der Waals surface area contributed by atoms with Gasteiger partial charge in [-0.05, 0) is 29.7 Å². The number of hydrogen-bond donors (Lipinski definition) is 1. The summed E-state index contributed by atoms with van der Waals surface area (Å²) < 4.78 is 5.54. The number of hydrogen-bond acceptors (Lipinski definition) is 3. The van der Waals surface area contributed by atoms with Gasteiger partial charge in [-0.2, -0.15) is 0 Å². The van der Waals surface area contributed by atoms with Crippen molar-refractivity contribution in [1.29, 1.82) is 0 Å². The predicted octanol–water partition coefficient (Wildman–Crippen LogP) is 3.88. The summed E-state index contributed by atoms with van der Waals surface area (Å²) >= 11 is 0. The molecule has 3 heteroatoms. The summed E-state index contributed by atoms with van der Waals surface area (Å²) in [5.74, 6) is 0.874. The van der Waals surface area contributed by atoms with E-state index in [-0.39, 0.29) is 0 Å². The molecular weight excluding hydrogens is 296 g/mol. The summed E-state index contributed by atoms with van der Waals surface area (Å²) in [5, 5.41) is 0. The van der Waals surface area contributed by atoms with E-state index in [9.17, 15) is 0 Å². The van der Waals surface area contributed by atoms with Crippen LogP contribution in [0.2, 0.25) is 0 Å². The van der Waals surface area contributed by atoms with Crippen LogP contribution in [0.15, 0.2) is 71.7 Å². The molecule has 0 aliphatic carbocycles. The third-order valence-electron chi connectivity index (χ3n) is 5.03. The van der Waals surface area contributed by atoms with Crippen molar-refractivity contribution in [2.24, 2.45) is 10.7 Å². The summed E-state index contributed by atoms with van der Waals surface area (Å²) in [6.45, 7) is 2.12. The van der Waals surface area contributed by atoms with Crippen molar-refractivity contribution in [1.82, 2.24) is 0 Å². The zero-order chi connectivity index (χ0) is 17.0. The minimum atomic E-state index is -0.585. The summed E-state index contributed by atoms with van der Waals surface area (Å²) in [4.78, 5) is 4.84. The van der Waals surface area contributed by atoms with E-state index in [2.05, 4.69) is 31.2 Å². The fourth-order valence-corrected chi connectivity index (χ4v) is 3.58. The SMILES string of the molecule is CCC(N)(c1ccccc1)C1(Cc2ccccc2OC)C=CC=N1. The average Bonchev–Trinajstić information content (AvgIpc) is 3.12. The molecule has 2 aromatic rings. The van der Waals surface area contributed by atoms with Crippen molar-refractivity contribution in [3.05, 3.63) is 77.9 Å². The van der Waals surface area contributed by atoms with Crippen molar-refractivity contribution >= 4 is 6.21 Å². The first-order chi connectivity index (χ1) is 11.6. The zero-order valence-electron chi connectivity index (χ0n) is 14.3. The molecule has 1 heterocycles. The molecule has 0 radical (unpaired) electrons. The Morgan fingerprint density at radius 2 is 1.79 bits per heavy atom. The Morgan fingerprint density at radius 3 is 2.42 bits per heavy atom. The summed E-state index contributed by atoms with van der Waals surface area (Å²) in [7, 11) is 1.70. The number of benzene rings is 2. The number of rotatable bonds is 6. The van der Waals surface area contributed by atoms with Gasteiger partial charge >= 0.3 is 0 Å². The van der Waals surface area contributed by atoms with Gasteiger partial charge in [0.15, 0.2) is 0 Å². The minimum Gasteiger partial charge on any atom is -0.496 e. The molecule has 2 aromatic carbocycles. The predicted molar refractivity (Wildman–Crippen MR) is 99.7 cm³/mol. The number of allylic oxidation sites excluding steroid dienone is 1. The maximum absolute atomic E-state index is 6.99. The maximum Gasteiger partial charge on any atom is 0.122 e. The van der Waals surface area contributed by atoms with Gasteiger partial charge in [0, 0.05) is 12.6 Å². The lowest BCUT2D eigenvalue weighted by molar-refractivity contribution is 0.265. The van der Waals surface area contributed by atoms with E-state index in [0.29, 0.717) is 6.42 Å². The van der Waals surface area contributed by atoms with E-state index in [1.807, 2.05) is 48.7 Å². The lowest BCUT2D eigenvalue weighted by Crippen LogP contribution is -2.56. The third-order valence-corrected chi connectivity index (χ3v) is 5.03. The van der Waals surface area contributed by atoms with E-state index in [1.54, 1.807) is 7.11 Å². The molecule has 0 saturated heterocycles. The highest BCUT2D eigenvalue weighted by Gasteiger charge is 2.48. The monoisotopic (exact) mass is 320 g/mol. The van der Waals surface area contributed by atoms with Crippen LogP contribution in [-0.4, -0.2) is 18.9 Å². The van der Waals surface area contributed by atoms with E-state index < -0.39 is 11.1 Å². The van der Waals surface area contributed by atoms with Crippen LogP contribution in [0.4, 0.5) is 0 Å². The Balaban J connectivity index is 2.08. The molecule has 0 amide bonds. The zero-order valence-corrected chi connectivity index (χ0v) is 14.3. The molecule has 1 aliphatic rings. The van der Waals surface area contributed by atoms with Gasteiger partial charge in [0.25, 0.3) is 0 Å². The molecule has 0 saturated carbocycles. The largest absolute Gasteiger partial charge is 0.496 e. The highest BCUT2D eigenvalue weighted by atomic mass is 16.5. The summed E-state index contributed by atoms with van der Waals surface area (Å²) in [5.41, 5.74) is 8.11. The Morgan fingerprint density at radius 1 is 1.08 bits per heavy atom. The molecule has 3 rings (SSSR count). The van der Waals surface area contributed by atoms with Gasteiger partial charge in [-0.25, -0.2) is 0 Å².